The molecule has 2 saturated carbocycles. The van der Waals surface area contributed by atoms with E-state index in [9.17, 15) is 44.7 Å². The van der Waals surface area contributed by atoms with Crippen LogP contribution in [0.25, 0.3) is 0 Å². The summed E-state index contributed by atoms with van der Waals surface area (Å²) in [5.74, 6) is -4.83. The molecule has 0 radical (unpaired) electrons. The maximum absolute atomic E-state index is 14.7. The molecule has 0 aromatic heterocycles. The Morgan fingerprint density at radius 3 is 2.24 bits per heavy atom. The van der Waals surface area contributed by atoms with Gasteiger partial charge in [-0.2, -0.15) is 26.3 Å². The van der Waals surface area contributed by atoms with Crippen molar-refractivity contribution < 1.29 is 44.7 Å². The van der Waals surface area contributed by atoms with Gasteiger partial charge in [0.1, 0.15) is 17.7 Å². The Kier molecular flexibility index (Phi) is 5.99. The highest BCUT2D eigenvalue weighted by Crippen LogP contribution is 2.49. The van der Waals surface area contributed by atoms with Crippen molar-refractivity contribution in [2.75, 3.05) is 0 Å². The van der Waals surface area contributed by atoms with Crippen LogP contribution in [-0.4, -0.2) is 28.8 Å². The van der Waals surface area contributed by atoms with E-state index >= 15 is 0 Å². The normalized spacial score (nSPS) is 24.0. The molecule has 0 spiro atoms. The van der Waals surface area contributed by atoms with Crippen molar-refractivity contribution in [2.24, 2.45) is 11.8 Å². The third-order valence-corrected chi connectivity index (χ3v) is 7.20. The molecule has 4 atom stereocenters. The Morgan fingerprint density at radius 1 is 0.919 bits per heavy atom. The molecule has 37 heavy (non-hydrogen) atoms. The van der Waals surface area contributed by atoms with Crippen molar-refractivity contribution in [3.8, 4) is 0 Å². The second-order valence-corrected chi connectivity index (χ2v) is 9.78. The Bertz CT molecular complexity index is 1250. The molecule has 1 saturated heterocycles. The van der Waals surface area contributed by atoms with Gasteiger partial charge in [0.05, 0.1) is 17.2 Å². The number of halogens is 8. The fourth-order valence-electron chi connectivity index (χ4n) is 5.11. The molecule has 3 aliphatic rings. The third kappa shape index (κ3) is 4.89. The van der Waals surface area contributed by atoms with Crippen molar-refractivity contribution in [3.05, 3.63) is 70.3 Å². The SMILES string of the molecule is O=C(NC(c1cc(F)c(C(F)(F)F)cc1F)C1CC1)[C@H]1C[C@H]2C[C@H]2N1C(=O)c1cccc(C(F)(F)F)c1. The quantitative estimate of drug-likeness (QED) is 0.490. The van der Waals surface area contributed by atoms with Gasteiger partial charge in [0, 0.05) is 17.2 Å². The van der Waals surface area contributed by atoms with E-state index in [0.29, 0.717) is 31.4 Å². The number of likely N-dealkylation sites (tertiary alicyclic amines) is 1. The number of benzene rings is 2. The average Bonchev–Trinajstić information content (AvgIpc) is 3.75. The third-order valence-electron chi connectivity index (χ3n) is 7.20. The smallest absolute Gasteiger partial charge is 0.347 e. The lowest BCUT2D eigenvalue weighted by molar-refractivity contribution is -0.140. The number of rotatable bonds is 5. The van der Waals surface area contributed by atoms with Crippen LogP contribution in [0.3, 0.4) is 0 Å². The lowest BCUT2D eigenvalue weighted by Gasteiger charge is -2.29. The van der Waals surface area contributed by atoms with Crippen molar-refractivity contribution in [1.82, 2.24) is 10.2 Å². The zero-order chi connectivity index (χ0) is 26.9. The highest BCUT2D eigenvalue weighted by Gasteiger charge is 2.56. The first-order chi connectivity index (χ1) is 17.3. The lowest BCUT2D eigenvalue weighted by atomic mass is 9.98. The molecule has 1 heterocycles. The number of nitrogens with one attached hydrogen (secondary N) is 1. The number of carbonyl (C=O) groups excluding carboxylic acids is 2. The summed E-state index contributed by atoms with van der Waals surface area (Å²) in [5.41, 5.74) is -3.45. The summed E-state index contributed by atoms with van der Waals surface area (Å²) in [6, 6.07) is 1.81. The molecular formula is C25H20F8N2O2. The Hall–Kier alpha value is -3.18. The van der Waals surface area contributed by atoms with Gasteiger partial charge in [0.25, 0.3) is 5.91 Å². The van der Waals surface area contributed by atoms with Gasteiger partial charge in [-0.15, -0.1) is 0 Å². The van der Waals surface area contributed by atoms with E-state index in [1.165, 1.54) is 11.0 Å². The van der Waals surface area contributed by atoms with Gasteiger partial charge in [-0.25, -0.2) is 8.78 Å². The molecule has 2 aliphatic carbocycles. The molecule has 1 unspecified atom stereocenters. The first-order valence-corrected chi connectivity index (χ1v) is 11.6. The topological polar surface area (TPSA) is 49.4 Å². The number of hydrogen-bond donors (Lipinski definition) is 1. The zero-order valence-corrected chi connectivity index (χ0v) is 19.0. The molecule has 2 amide bonds. The predicted octanol–water partition coefficient (Wildman–Crippen LogP) is 5.87. The van der Waals surface area contributed by atoms with Crippen LogP contribution in [0.1, 0.15) is 58.8 Å². The van der Waals surface area contributed by atoms with Gasteiger partial charge < -0.3 is 10.2 Å². The fourth-order valence-corrected chi connectivity index (χ4v) is 5.11. The van der Waals surface area contributed by atoms with E-state index in [2.05, 4.69) is 5.32 Å². The standard InChI is InChI=1S/C25H20F8N2O2/c26-17-10-16(25(31,32)33)18(27)9-15(17)21(11-4-5-11)34-22(36)20-8-13-7-19(13)35(20)23(37)12-2-1-3-14(6-12)24(28,29)30/h1-3,6,9-11,13,19-21H,4-5,7-8H2,(H,34,36)/t13-,19-,20-,21?/m1/s1. The van der Waals surface area contributed by atoms with Crippen molar-refractivity contribution in [2.45, 2.75) is 56.2 Å². The van der Waals surface area contributed by atoms with Crippen LogP contribution in [0.2, 0.25) is 0 Å². The number of alkyl halides is 6. The van der Waals surface area contributed by atoms with Crippen LogP contribution >= 0.6 is 0 Å². The van der Waals surface area contributed by atoms with Crippen LogP contribution < -0.4 is 5.32 Å². The summed E-state index contributed by atoms with van der Waals surface area (Å²) in [5, 5.41) is 2.58. The van der Waals surface area contributed by atoms with E-state index in [1.807, 2.05) is 0 Å². The fraction of sp³-hybridized carbons (Fsp3) is 0.440. The minimum Gasteiger partial charge on any atom is -0.347 e. The Labute approximate surface area is 205 Å². The van der Waals surface area contributed by atoms with Crippen molar-refractivity contribution in [1.29, 1.82) is 0 Å². The monoisotopic (exact) mass is 532 g/mol. The Balaban J connectivity index is 1.39. The van der Waals surface area contributed by atoms with Gasteiger partial charge in [0.15, 0.2) is 0 Å². The zero-order valence-electron chi connectivity index (χ0n) is 19.0. The Morgan fingerprint density at radius 2 is 1.62 bits per heavy atom. The summed E-state index contributed by atoms with van der Waals surface area (Å²) in [7, 11) is 0. The minimum atomic E-state index is -5.10. The van der Waals surface area contributed by atoms with E-state index < -0.39 is 64.6 Å². The largest absolute Gasteiger partial charge is 0.419 e. The van der Waals surface area contributed by atoms with Crippen molar-refractivity contribution >= 4 is 11.8 Å². The van der Waals surface area contributed by atoms with E-state index in [1.54, 1.807) is 0 Å². The molecule has 5 rings (SSSR count). The lowest BCUT2D eigenvalue weighted by Crippen LogP contribution is -2.49. The van der Waals surface area contributed by atoms with E-state index in [4.69, 9.17) is 0 Å². The number of fused-ring (bicyclic) bond motifs is 1. The summed E-state index contributed by atoms with van der Waals surface area (Å²) < 4.78 is 107. The first kappa shape index (κ1) is 25.5. The number of hydrogen-bond acceptors (Lipinski definition) is 2. The molecule has 1 aliphatic heterocycles. The summed E-state index contributed by atoms with van der Waals surface area (Å²) >= 11 is 0. The molecule has 4 nitrogen and oxygen atoms in total. The molecule has 0 bridgehead atoms. The van der Waals surface area contributed by atoms with Gasteiger partial charge in [-0.3, -0.25) is 9.59 Å². The molecule has 1 N–H and O–H groups in total. The maximum atomic E-state index is 14.7. The van der Waals surface area contributed by atoms with Gasteiger partial charge in [-0.1, -0.05) is 6.07 Å². The van der Waals surface area contributed by atoms with Crippen LogP contribution in [-0.2, 0) is 17.1 Å². The van der Waals surface area contributed by atoms with Gasteiger partial charge in [0.2, 0.25) is 5.91 Å². The molecule has 12 heteroatoms. The first-order valence-electron chi connectivity index (χ1n) is 11.6. The minimum absolute atomic E-state index is 0.0230. The summed E-state index contributed by atoms with van der Waals surface area (Å²) in [6.07, 6.45) is -7.90. The van der Waals surface area contributed by atoms with Crippen LogP contribution in [0, 0.1) is 23.5 Å². The maximum Gasteiger partial charge on any atom is 0.419 e. The van der Waals surface area contributed by atoms with Crippen LogP contribution in [0.15, 0.2) is 36.4 Å². The van der Waals surface area contributed by atoms with E-state index in [0.717, 1.165) is 12.1 Å². The van der Waals surface area contributed by atoms with Crippen LogP contribution in [0.4, 0.5) is 35.1 Å². The van der Waals surface area contributed by atoms with Gasteiger partial charge >= 0.3 is 12.4 Å². The molecular weight excluding hydrogens is 512 g/mol. The summed E-state index contributed by atoms with van der Waals surface area (Å²) in [6.45, 7) is 0. The number of amides is 2. The number of carbonyl (C=O) groups is 2. The van der Waals surface area contributed by atoms with E-state index in [-0.39, 0.29) is 35.9 Å². The predicted molar refractivity (Wildman–Crippen MR) is 113 cm³/mol. The molecule has 2 aromatic rings. The van der Waals surface area contributed by atoms with Crippen molar-refractivity contribution in [3.63, 3.8) is 0 Å². The molecule has 198 valence electrons. The molecule has 2 aromatic carbocycles. The second-order valence-electron chi connectivity index (χ2n) is 9.78. The summed E-state index contributed by atoms with van der Waals surface area (Å²) in [4.78, 5) is 27.6. The van der Waals surface area contributed by atoms with Gasteiger partial charge in [-0.05, 0) is 67.9 Å². The average molecular weight is 532 g/mol. The highest BCUT2D eigenvalue weighted by atomic mass is 19.4. The molecule has 3 fully saturated rings. The van der Waals surface area contributed by atoms with Crippen LogP contribution in [0.5, 0.6) is 0 Å². The number of piperidine rings is 1. The second kappa shape index (κ2) is 8.70. The number of nitrogens with zero attached hydrogens (tertiary/aromatic N) is 1. The highest BCUT2D eigenvalue weighted by molar-refractivity contribution is 5.99.